The van der Waals surface area contributed by atoms with E-state index in [0.29, 0.717) is 29.4 Å². The number of amides is 1. The highest BCUT2D eigenvalue weighted by atomic mass is 35.5. The maximum Gasteiger partial charge on any atom is 0.255 e. The molecule has 3 N–H and O–H groups in total. The maximum atomic E-state index is 12.2. The lowest BCUT2D eigenvalue weighted by atomic mass is 10.1. The highest BCUT2D eigenvalue weighted by molar-refractivity contribution is 6.34. The number of nitrogen functional groups attached to an aromatic ring is 1. The third kappa shape index (κ3) is 2.70. The average molecular weight is 255 g/mol. The summed E-state index contributed by atoms with van der Waals surface area (Å²) >= 11 is 5.98. The first-order valence-electron chi connectivity index (χ1n) is 5.60. The number of likely N-dealkylation sites (tertiary alicyclic amines) is 1. The van der Waals surface area contributed by atoms with Crippen LogP contribution in [-0.4, -0.2) is 35.1 Å². The number of halogens is 1. The highest BCUT2D eigenvalue weighted by Crippen LogP contribution is 2.22. The predicted molar refractivity (Wildman–Crippen MR) is 67.0 cm³/mol. The normalized spacial score (nSPS) is 20.4. The summed E-state index contributed by atoms with van der Waals surface area (Å²) in [5, 5.41) is 9.94. The number of anilines is 1. The Hall–Kier alpha value is -1.26. The summed E-state index contributed by atoms with van der Waals surface area (Å²) in [6.45, 7) is 1.02. The van der Waals surface area contributed by atoms with Crippen molar-refractivity contribution in [3.63, 3.8) is 0 Å². The molecule has 0 saturated carbocycles. The van der Waals surface area contributed by atoms with Gasteiger partial charge in [-0.1, -0.05) is 11.6 Å². The Bertz CT molecular complexity index is 437. The number of carbonyl (C=O) groups excluding carboxylic acids is 1. The van der Waals surface area contributed by atoms with Crippen molar-refractivity contribution in [3.8, 4) is 0 Å². The molecular weight excluding hydrogens is 240 g/mol. The van der Waals surface area contributed by atoms with Gasteiger partial charge in [0.25, 0.3) is 5.91 Å². The third-order valence-electron chi connectivity index (χ3n) is 2.90. The molecule has 0 aliphatic carbocycles. The quantitative estimate of drug-likeness (QED) is 0.747. The fourth-order valence-electron chi connectivity index (χ4n) is 2.02. The topological polar surface area (TPSA) is 66.6 Å². The van der Waals surface area contributed by atoms with Crippen LogP contribution < -0.4 is 5.73 Å². The minimum Gasteiger partial charge on any atom is -0.399 e. The predicted octanol–water partition coefficient (Wildman–Crippen LogP) is 1.52. The second kappa shape index (κ2) is 4.94. The molecule has 0 bridgehead atoms. The molecule has 1 aliphatic rings. The Kier molecular flexibility index (Phi) is 3.54. The van der Waals surface area contributed by atoms with Gasteiger partial charge in [-0.2, -0.15) is 0 Å². The largest absolute Gasteiger partial charge is 0.399 e. The molecule has 1 amide bonds. The molecule has 1 heterocycles. The zero-order chi connectivity index (χ0) is 12.4. The van der Waals surface area contributed by atoms with Crippen molar-refractivity contribution in [1.29, 1.82) is 0 Å². The number of carbonyl (C=O) groups is 1. The van der Waals surface area contributed by atoms with E-state index in [1.54, 1.807) is 23.1 Å². The second-order valence-corrected chi connectivity index (χ2v) is 4.69. The number of benzene rings is 1. The van der Waals surface area contributed by atoms with E-state index in [0.717, 1.165) is 12.8 Å². The number of hydrogen-bond donors (Lipinski definition) is 2. The first-order chi connectivity index (χ1) is 8.08. The smallest absolute Gasteiger partial charge is 0.255 e. The van der Waals surface area contributed by atoms with E-state index in [2.05, 4.69) is 0 Å². The van der Waals surface area contributed by atoms with Crippen LogP contribution in [-0.2, 0) is 0 Å². The van der Waals surface area contributed by atoms with Gasteiger partial charge >= 0.3 is 0 Å². The number of piperidine rings is 1. The van der Waals surface area contributed by atoms with Crippen molar-refractivity contribution in [2.75, 3.05) is 18.8 Å². The lowest BCUT2D eigenvalue weighted by molar-refractivity contribution is 0.0474. The molecular formula is C12H15ClN2O2. The molecule has 17 heavy (non-hydrogen) atoms. The van der Waals surface area contributed by atoms with E-state index in [9.17, 15) is 9.90 Å². The van der Waals surface area contributed by atoms with Crippen molar-refractivity contribution in [2.45, 2.75) is 18.9 Å². The molecule has 0 radical (unpaired) electrons. The van der Waals surface area contributed by atoms with E-state index in [1.165, 1.54) is 0 Å². The maximum absolute atomic E-state index is 12.2. The van der Waals surface area contributed by atoms with E-state index in [4.69, 9.17) is 17.3 Å². The number of rotatable bonds is 1. The molecule has 1 atom stereocenters. The van der Waals surface area contributed by atoms with Crippen LogP contribution in [0.25, 0.3) is 0 Å². The molecule has 0 aromatic heterocycles. The minimum absolute atomic E-state index is 0.166. The van der Waals surface area contributed by atoms with Crippen LogP contribution in [0.15, 0.2) is 18.2 Å². The fraction of sp³-hybridized carbons (Fsp3) is 0.417. The van der Waals surface area contributed by atoms with E-state index in [-0.39, 0.29) is 5.91 Å². The summed E-state index contributed by atoms with van der Waals surface area (Å²) in [6.07, 6.45) is 1.12. The number of nitrogens with two attached hydrogens (primary N) is 1. The standard InChI is InChI=1S/C12H15ClN2O2/c13-11-4-3-8(14)6-10(11)12(17)15-5-1-2-9(16)7-15/h3-4,6,9,16H,1-2,5,7,14H2. The summed E-state index contributed by atoms with van der Waals surface area (Å²) in [7, 11) is 0. The van der Waals surface area contributed by atoms with Crippen LogP contribution in [0.4, 0.5) is 5.69 Å². The zero-order valence-electron chi connectivity index (χ0n) is 9.40. The molecule has 4 nitrogen and oxygen atoms in total. The molecule has 0 spiro atoms. The van der Waals surface area contributed by atoms with E-state index >= 15 is 0 Å². The van der Waals surface area contributed by atoms with E-state index in [1.807, 2.05) is 0 Å². The molecule has 1 fully saturated rings. The third-order valence-corrected chi connectivity index (χ3v) is 3.23. The van der Waals surface area contributed by atoms with Gasteiger partial charge in [-0.05, 0) is 31.0 Å². The Labute approximate surface area is 105 Å². The molecule has 2 rings (SSSR count). The molecule has 1 aromatic carbocycles. The van der Waals surface area contributed by atoms with Crippen LogP contribution in [0, 0.1) is 0 Å². The Balaban J connectivity index is 2.21. The van der Waals surface area contributed by atoms with Gasteiger partial charge in [0.1, 0.15) is 0 Å². The van der Waals surface area contributed by atoms with Crippen molar-refractivity contribution in [1.82, 2.24) is 4.90 Å². The van der Waals surface area contributed by atoms with Gasteiger partial charge in [0.2, 0.25) is 0 Å². The molecule has 1 aromatic rings. The lowest BCUT2D eigenvalue weighted by Gasteiger charge is -2.30. The number of aliphatic hydroxyl groups excluding tert-OH is 1. The second-order valence-electron chi connectivity index (χ2n) is 4.29. The van der Waals surface area contributed by atoms with Crippen molar-refractivity contribution >= 4 is 23.2 Å². The lowest BCUT2D eigenvalue weighted by Crippen LogP contribution is -2.42. The minimum atomic E-state index is -0.437. The van der Waals surface area contributed by atoms with Crippen molar-refractivity contribution in [2.24, 2.45) is 0 Å². The van der Waals surface area contributed by atoms with Crippen molar-refractivity contribution in [3.05, 3.63) is 28.8 Å². The molecule has 92 valence electrons. The Morgan fingerprint density at radius 1 is 1.53 bits per heavy atom. The van der Waals surface area contributed by atoms with Crippen LogP contribution in [0.1, 0.15) is 23.2 Å². The molecule has 1 saturated heterocycles. The monoisotopic (exact) mass is 254 g/mol. The fourth-order valence-corrected chi connectivity index (χ4v) is 2.21. The number of β-amino-alcohol motifs (C(OH)–C–C–N with tert-alkyl or cyclic N) is 1. The van der Waals surface area contributed by atoms with Crippen LogP contribution in [0.5, 0.6) is 0 Å². The van der Waals surface area contributed by atoms with Gasteiger partial charge in [0.05, 0.1) is 16.7 Å². The van der Waals surface area contributed by atoms with Gasteiger partial charge in [-0.3, -0.25) is 4.79 Å². The van der Waals surface area contributed by atoms with Crippen LogP contribution in [0.2, 0.25) is 5.02 Å². The van der Waals surface area contributed by atoms with Crippen molar-refractivity contribution < 1.29 is 9.90 Å². The van der Waals surface area contributed by atoms with Gasteiger partial charge in [-0.15, -0.1) is 0 Å². The number of nitrogens with zero attached hydrogens (tertiary/aromatic N) is 1. The summed E-state index contributed by atoms with van der Waals surface area (Å²) < 4.78 is 0. The molecule has 1 unspecified atom stereocenters. The summed E-state index contributed by atoms with van der Waals surface area (Å²) in [5.41, 5.74) is 6.56. The zero-order valence-corrected chi connectivity index (χ0v) is 10.2. The van der Waals surface area contributed by atoms with Gasteiger partial charge in [0, 0.05) is 18.8 Å². The Morgan fingerprint density at radius 2 is 2.29 bits per heavy atom. The van der Waals surface area contributed by atoms with Crippen LogP contribution in [0.3, 0.4) is 0 Å². The highest BCUT2D eigenvalue weighted by Gasteiger charge is 2.24. The van der Waals surface area contributed by atoms with Crippen LogP contribution >= 0.6 is 11.6 Å². The summed E-state index contributed by atoms with van der Waals surface area (Å²) in [6, 6.07) is 4.85. The van der Waals surface area contributed by atoms with Gasteiger partial charge < -0.3 is 15.7 Å². The number of aliphatic hydroxyl groups is 1. The van der Waals surface area contributed by atoms with Gasteiger partial charge in [-0.25, -0.2) is 0 Å². The SMILES string of the molecule is Nc1ccc(Cl)c(C(=O)N2CCCC(O)C2)c1. The summed E-state index contributed by atoms with van der Waals surface area (Å²) in [4.78, 5) is 13.8. The first-order valence-corrected chi connectivity index (χ1v) is 5.98. The summed E-state index contributed by atoms with van der Waals surface area (Å²) in [5.74, 6) is -0.166. The first kappa shape index (κ1) is 12.2. The molecule has 5 heteroatoms. The van der Waals surface area contributed by atoms with Gasteiger partial charge in [0.15, 0.2) is 0 Å². The Morgan fingerprint density at radius 3 is 3.00 bits per heavy atom. The average Bonchev–Trinajstić information content (AvgIpc) is 2.31. The number of hydrogen-bond acceptors (Lipinski definition) is 3. The molecule has 1 aliphatic heterocycles. The van der Waals surface area contributed by atoms with E-state index < -0.39 is 6.10 Å².